The number of nitrogens with one attached hydrogen (secondary N) is 1. The van der Waals surface area contributed by atoms with Crippen molar-refractivity contribution in [2.24, 2.45) is 0 Å². The third-order valence-corrected chi connectivity index (χ3v) is 3.22. The molecule has 0 aliphatic carbocycles. The minimum absolute atomic E-state index is 0.0470. The monoisotopic (exact) mass is 281 g/mol. The predicted molar refractivity (Wildman–Crippen MR) is 80.2 cm³/mol. The number of anilines is 2. The zero-order valence-corrected chi connectivity index (χ0v) is 12.6. The minimum atomic E-state index is -0.427. The van der Waals surface area contributed by atoms with Crippen molar-refractivity contribution < 1.29 is 4.92 Å². The summed E-state index contributed by atoms with van der Waals surface area (Å²) in [5.74, 6) is 0.828. The quantitative estimate of drug-likeness (QED) is 0.582. The fourth-order valence-electron chi connectivity index (χ4n) is 1.92. The molecule has 1 N–H and O–H groups in total. The molecule has 0 saturated heterocycles. The lowest BCUT2D eigenvalue weighted by atomic mass is 10.2. The van der Waals surface area contributed by atoms with Crippen LogP contribution in [0.25, 0.3) is 0 Å². The molecule has 0 aliphatic heterocycles. The Morgan fingerprint density at radius 1 is 1.45 bits per heavy atom. The molecule has 0 fully saturated rings. The van der Waals surface area contributed by atoms with Crippen LogP contribution in [0.5, 0.6) is 0 Å². The molecule has 0 spiro atoms. The highest BCUT2D eigenvalue weighted by Gasteiger charge is 2.24. The lowest BCUT2D eigenvalue weighted by Gasteiger charge is -2.27. The molecule has 1 aromatic heterocycles. The zero-order chi connectivity index (χ0) is 15.1. The maximum Gasteiger partial charge on any atom is 0.329 e. The van der Waals surface area contributed by atoms with E-state index in [1.54, 1.807) is 0 Å². The van der Waals surface area contributed by atoms with Gasteiger partial charge in [-0.25, -0.2) is 4.98 Å². The van der Waals surface area contributed by atoms with Gasteiger partial charge in [-0.1, -0.05) is 13.8 Å². The molecule has 0 aliphatic rings. The van der Waals surface area contributed by atoms with Gasteiger partial charge in [-0.05, 0) is 26.7 Å². The van der Waals surface area contributed by atoms with Crippen molar-refractivity contribution in [3.8, 4) is 0 Å². The van der Waals surface area contributed by atoms with E-state index in [-0.39, 0.29) is 11.7 Å². The van der Waals surface area contributed by atoms with E-state index in [0.29, 0.717) is 18.3 Å². The van der Waals surface area contributed by atoms with Crippen LogP contribution in [0, 0.1) is 10.1 Å². The van der Waals surface area contributed by atoms with Crippen molar-refractivity contribution in [2.75, 3.05) is 23.3 Å². The lowest BCUT2D eigenvalue weighted by molar-refractivity contribution is -0.384. The van der Waals surface area contributed by atoms with Crippen LogP contribution in [-0.2, 0) is 0 Å². The van der Waals surface area contributed by atoms with E-state index in [1.807, 2.05) is 25.7 Å². The second kappa shape index (κ2) is 7.62. The van der Waals surface area contributed by atoms with E-state index in [1.165, 1.54) is 6.20 Å². The van der Waals surface area contributed by atoms with Crippen LogP contribution in [0.4, 0.5) is 17.5 Å². The first kappa shape index (κ1) is 16.1. The van der Waals surface area contributed by atoms with E-state index >= 15 is 0 Å². The van der Waals surface area contributed by atoms with Gasteiger partial charge >= 0.3 is 5.69 Å². The Morgan fingerprint density at radius 3 is 2.65 bits per heavy atom. The van der Waals surface area contributed by atoms with E-state index in [2.05, 4.69) is 22.2 Å². The van der Waals surface area contributed by atoms with Gasteiger partial charge in [0.05, 0.1) is 4.92 Å². The Balaban J connectivity index is 3.19. The molecule has 7 nitrogen and oxygen atoms in total. The predicted octanol–water partition coefficient (Wildman–Crippen LogP) is 2.83. The van der Waals surface area contributed by atoms with Gasteiger partial charge in [0.25, 0.3) is 0 Å². The molecule has 7 heteroatoms. The van der Waals surface area contributed by atoms with E-state index in [4.69, 9.17) is 0 Å². The van der Waals surface area contributed by atoms with Gasteiger partial charge < -0.3 is 10.2 Å². The summed E-state index contributed by atoms with van der Waals surface area (Å²) >= 11 is 0. The largest absolute Gasteiger partial charge is 0.354 e. The summed E-state index contributed by atoms with van der Waals surface area (Å²) in [7, 11) is 0. The highest BCUT2D eigenvalue weighted by molar-refractivity contribution is 5.59. The summed E-state index contributed by atoms with van der Waals surface area (Å²) in [5.41, 5.74) is -0.0470. The van der Waals surface area contributed by atoms with Crippen LogP contribution in [0.2, 0.25) is 0 Å². The Kier molecular flexibility index (Phi) is 6.14. The highest BCUT2D eigenvalue weighted by atomic mass is 16.6. The summed E-state index contributed by atoms with van der Waals surface area (Å²) in [6, 6.07) is 0.188. The highest BCUT2D eigenvalue weighted by Crippen LogP contribution is 2.28. The van der Waals surface area contributed by atoms with Crippen molar-refractivity contribution in [1.29, 1.82) is 0 Å². The molecular formula is C13H23N5O2. The molecule has 0 saturated carbocycles. The molecule has 0 bridgehead atoms. The Labute approximate surface area is 119 Å². The van der Waals surface area contributed by atoms with Crippen LogP contribution in [0.3, 0.4) is 0 Å². The van der Waals surface area contributed by atoms with Gasteiger partial charge in [0.15, 0.2) is 0 Å². The molecule has 1 aromatic rings. The standard InChI is InChI=1S/C13H23N5O2/c1-5-8-14-13-15-9-11(18(19)20)12(16-13)17(7-3)10(4)6-2/h9-10H,5-8H2,1-4H3,(H,14,15,16). The van der Waals surface area contributed by atoms with Crippen molar-refractivity contribution in [2.45, 2.75) is 46.6 Å². The topological polar surface area (TPSA) is 84.2 Å². The molecular weight excluding hydrogens is 258 g/mol. The second-order valence-corrected chi connectivity index (χ2v) is 4.63. The first-order chi connectivity index (χ1) is 9.54. The first-order valence-corrected chi connectivity index (χ1v) is 7.06. The fraction of sp³-hybridized carbons (Fsp3) is 0.692. The van der Waals surface area contributed by atoms with Crippen LogP contribution in [0.1, 0.15) is 40.5 Å². The molecule has 112 valence electrons. The maximum absolute atomic E-state index is 11.2. The summed E-state index contributed by atoms with van der Waals surface area (Å²) in [5, 5.41) is 14.2. The molecule has 1 heterocycles. The second-order valence-electron chi connectivity index (χ2n) is 4.63. The number of rotatable bonds is 8. The summed E-state index contributed by atoms with van der Waals surface area (Å²) < 4.78 is 0. The lowest BCUT2D eigenvalue weighted by Crippen LogP contribution is -2.33. The number of aromatic nitrogens is 2. The molecule has 0 radical (unpaired) electrons. The van der Waals surface area contributed by atoms with Crippen LogP contribution in [-0.4, -0.2) is 34.0 Å². The van der Waals surface area contributed by atoms with Gasteiger partial charge in [-0.2, -0.15) is 4.98 Å². The molecule has 0 aromatic carbocycles. The summed E-state index contributed by atoms with van der Waals surface area (Å²) in [6.07, 6.45) is 3.12. The van der Waals surface area contributed by atoms with Crippen molar-refractivity contribution in [3.05, 3.63) is 16.3 Å². The molecule has 1 atom stereocenters. The molecule has 0 amide bonds. The SMILES string of the molecule is CCCNc1ncc([N+](=O)[O-])c(N(CC)C(C)CC)n1. The average molecular weight is 281 g/mol. The third-order valence-electron chi connectivity index (χ3n) is 3.22. The average Bonchev–Trinajstić information content (AvgIpc) is 2.45. The van der Waals surface area contributed by atoms with Crippen molar-refractivity contribution in [1.82, 2.24) is 9.97 Å². The summed E-state index contributed by atoms with van der Waals surface area (Å²) in [4.78, 5) is 21.0. The van der Waals surface area contributed by atoms with Gasteiger partial charge in [0.2, 0.25) is 11.8 Å². The molecule has 20 heavy (non-hydrogen) atoms. The van der Waals surface area contributed by atoms with Crippen molar-refractivity contribution in [3.63, 3.8) is 0 Å². The summed E-state index contributed by atoms with van der Waals surface area (Å²) in [6.45, 7) is 9.51. The zero-order valence-electron chi connectivity index (χ0n) is 12.6. The van der Waals surface area contributed by atoms with Crippen LogP contribution < -0.4 is 10.2 Å². The number of nitro groups is 1. The molecule has 1 rings (SSSR count). The maximum atomic E-state index is 11.2. The van der Waals surface area contributed by atoms with Gasteiger partial charge in [0.1, 0.15) is 6.20 Å². The normalized spacial score (nSPS) is 12.0. The third kappa shape index (κ3) is 3.79. The number of hydrogen-bond donors (Lipinski definition) is 1. The Bertz CT molecular complexity index is 452. The van der Waals surface area contributed by atoms with E-state index < -0.39 is 4.92 Å². The van der Waals surface area contributed by atoms with Gasteiger partial charge in [-0.15, -0.1) is 0 Å². The minimum Gasteiger partial charge on any atom is -0.354 e. The molecule has 1 unspecified atom stereocenters. The number of nitrogens with zero attached hydrogens (tertiary/aromatic N) is 4. The van der Waals surface area contributed by atoms with Crippen molar-refractivity contribution >= 4 is 17.5 Å². The van der Waals surface area contributed by atoms with E-state index in [9.17, 15) is 10.1 Å². The van der Waals surface area contributed by atoms with Gasteiger partial charge in [0, 0.05) is 19.1 Å². The smallest absolute Gasteiger partial charge is 0.329 e. The van der Waals surface area contributed by atoms with Crippen LogP contribution in [0.15, 0.2) is 6.20 Å². The fourth-order valence-corrected chi connectivity index (χ4v) is 1.92. The Hall–Kier alpha value is -1.92. The first-order valence-electron chi connectivity index (χ1n) is 7.06. The van der Waals surface area contributed by atoms with Gasteiger partial charge in [-0.3, -0.25) is 10.1 Å². The Morgan fingerprint density at radius 2 is 2.15 bits per heavy atom. The number of hydrogen-bond acceptors (Lipinski definition) is 6. The van der Waals surface area contributed by atoms with Crippen LogP contribution >= 0.6 is 0 Å². The van der Waals surface area contributed by atoms with E-state index in [0.717, 1.165) is 19.4 Å².